The lowest BCUT2D eigenvalue weighted by Crippen LogP contribution is -1.98. The zero-order valence-corrected chi connectivity index (χ0v) is 30.7. The first kappa shape index (κ1) is 32.6. The molecule has 0 unspecified atom stereocenters. The first-order chi connectivity index (χ1) is 25.7. The summed E-state index contributed by atoms with van der Waals surface area (Å²) in [7, 11) is 0. The van der Waals surface area contributed by atoms with Gasteiger partial charge in [0.25, 0.3) is 0 Å². The monoisotopic (exact) mass is 676 g/mol. The highest BCUT2D eigenvalue weighted by molar-refractivity contribution is 6.29. The van der Waals surface area contributed by atoms with E-state index in [4.69, 9.17) is 0 Å². The summed E-state index contributed by atoms with van der Waals surface area (Å²) in [6, 6.07) is 50.5. The molecule has 7 aromatic carbocycles. The first-order valence-corrected chi connectivity index (χ1v) is 19.7. The van der Waals surface area contributed by atoms with Crippen molar-refractivity contribution in [1.29, 1.82) is 0 Å². The summed E-state index contributed by atoms with van der Waals surface area (Å²) >= 11 is 0. The van der Waals surface area contributed by atoms with Gasteiger partial charge in [0.1, 0.15) is 0 Å². The van der Waals surface area contributed by atoms with Crippen LogP contribution in [-0.4, -0.2) is 9.13 Å². The summed E-state index contributed by atoms with van der Waals surface area (Å²) in [6.07, 6.45) is 10.00. The van der Waals surface area contributed by atoms with Gasteiger partial charge in [0.15, 0.2) is 0 Å². The molecule has 0 radical (unpaired) electrons. The van der Waals surface area contributed by atoms with Gasteiger partial charge in [0.05, 0.1) is 0 Å². The lowest BCUT2D eigenvalue weighted by atomic mass is 9.95. The Morgan fingerprint density at radius 2 is 0.865 bits per heavy atom. The molecule has 0 amide bonds. The maximum Gasteiger partial charge on any atom is 0.0498 e. The molecular weight excluding hydrogens is 629 g/mol. The largest absolute Gasteiger partial charge is 0.340 e. The van der Waals surface area contributed by atoms with E-state index in [1.807, 2.05) is 0 Å². The minimum Gasteiger partial charge on any atom is -0.340 e. The molecule has 0 N–H and O–H groups in total. The number of unbranched alkanes of at least 4 members (excludes halogenated alkanes) is 6. The summed E-state index contributed by atoms with van der Waals surface area (Å²) in [5, 5.41) is 10.8. The van der Waals surface area contributed by atoms with Crippen molar-refractivity contribution in [2.45, 2.75) is 78.3 Å². The summed E-state index contributed by atoms with van der Waals surface area (Å²) in [5.41, 5.74) is 10.5. The second-order valence-electron chi connectivity index (χ2n) is 14.8. The van der Waals surface area contributed by atoms with Crippen LogP contribution in [0.2, 0.25) is 0 Å². The molecule has 0 aliphatic rings. The summed E-state index contributed by atoms with van der Waals surface area (Å²) in [5.74, 6) is 0. The fourth-order valence-corrected chi connectivity index (χ4v) is 8.83. The summed E-state index contributed by atoms with van der Waals surface area (Å²) in [6.45, 7) is 6.68. The van der Waals surface area contributed by atoms with Crippen LogP contribution in [0, 0.1) is 0 Å². The van der Waals surface area contributed by atoms with Crippen molar-refractivity contribution >= 4 is 65.2 Å². The van der Waals surface area contributed by atoms with E-state index in [0.717, 1.165) is 13.1 Å². The highest BCUT2D eigenvalue weighted by Gasteiger charge is 2.19. The van der Waals surface area contributed by atoms with E-state index in [1.165, 1.54) is 139 Å². The van der Waals surface area contributed by atoms with Crippen LogP contribution in [0.4, 0.5) is 0 Å². The molecule has 0 aliphatic carbocycles. The zero-order valence-electron chi connectivity index (χ0n) is 30.7. The maximum atomic E-state index is 2.62. The molecule has 0 spiro atoms. The van der Waals surface area contributed by atoms with Gasteiger partial charge in [-0.3, -0.25) is 0 Å². The van der Waals surface area contributed by atoms with Gasteiger partial charge in [-0.05, 0) is 99.1 Å². The van der Waals surface area contributed by atoms with E-state index < -0.39 is 0 Å². The number of fused-ring (bicyclic) bond motifs is 10. The number of hydrogen-bond acceptors (Lipinski definition) is 0. The molecule has 9 aromatic rings. The SMILES string of the molecule is CCCCCCn1c2ccc(-c3ccccc3)cc2c2cc3ccc4ccc5c(c6cc(-c7ccccc7)ccc6n5CCCCCC)c4c3cc21. The predicted octanol–water partition coefficient (Wildman–Crippen LogP) is 14.7. The topological polar surface area (TPSA) is 9.86 Å². The van der Waals surface area contributed by atoms with Crippen LogP contribution in [0.3, 0.4) is 0 Å². The highest BCUT2D eigenvalue weighted by atomic mass is 15.0. The molecular formula is C50H48N2. The molecule has 2 heterocycles. The molecule has 0 fully saturated rings. The summed E-state index contributed by atoms with van der Waals surface area (Å²) < 4.78 is 5.24. The lowest BCUT2D eigenvalue weighted by Gasteiger charge is -2.11. The van der Waals surface area contributed by atoms with Crippen molar-refractivity contribution in [2.75, 3.05) is 0 Å². The van der Waals surface area contributed by atoms with Crippen LogP contribution in [0.1, 0.15) is 65.2 Å². The zero-order chi connectivity index (χ0) is 35.0. The molecule has 0 saturated heterocycles. The maximum absolute atomic E-state index is 2.62. The number of nitrogens with zero attached hydrogens (tertiary/aromatic N) is 2. The van der Waals surface area contributed by atoms with Crippen LogP contribution >= 0.6 is 0 Å². The van der Waals surface area contributed by atoms with Crippen LogP contribution in [-0.2, 0) is 13.1 Å². The predicted molar refractivity (Wildman–Crippen MR) is 227 cm³/mol. The fourth-order valence-electron chi connectivity index (χ4n) is 8.83. The fraction of sp³-hybridized carbons (Fsp3) is 0.240. The van der Waals surface area contributed by atoms with E-state index in [-0.39, 0.29) is 0 Å². The lowest BCUT2D eigenvalue weighted by molar-refractivity contribution is 0.602. The van der Waals surface area contributed by atoms with Crippen LogP contribution in [0.25, 0.3) is 87.4 Å². The number of benzene rings is 7. The highest BCUT2D eigenvalue weighted by Crippen LogP contribution is 2.43. The Balaban J connectivity index is 1.33. The van der Waals surface area contributed by atoms with E-state index >= 15 is 0 Å². The van der Waals surface area contributed by atoms with Gasteiger partial charge in [-0.2, -0.15) is 0 Å². The Kier molecular flexibility index (Phi) is 8.76. The first-order valence-electron chi connectivity index (χ1n) is 19.7. The molecule has 0 atom stereocenters. The average Bonchev–Trinajstić information content (AvgIpc) is 3.68. The summed E-state index contributed by atoms with van der Waals surface area (Å²) in [4.78, 5) is 0. The molecule has 2 nitrogen and oxygen atoms in total. The molecule has 52 heavy (non-hydrogen) atoms. The number of rotatable bonds is 12. The Morgan fingerprint density at radius 1 is 0.346 bits per heavy atom. The van der Waals surface area contributed by atoms with Crippen molar-refractivity contribution in [3.63, 3.8) is 0 Å². The molecule has 9 rings (SSSR count). The third kappa shape index (κ3) is 5.66. The van der Waals surface area contributed by atoms with E-state index in [9.17, 15) is 0 Å². The molecule has 2 heteroatoms. The smallest absolute Gasteiger partial charge is 0.0498 e. The van der Waals surface area contributed by atoms with Gasteiger partial charge < -0.3 is 9.13 Å². The molecule has 0 saturated carbocycles. The van der Waals surface area contributed by atoms with Crippen molar-refractivity contribution in [3.05, 3.63) is 133 Å². The van der Waals surface area contributed by atoms with Crippen molar-refractivity contribution in [1.82, 2.24) is 9.13 Å². The molecule has 2 aromatic heterocycles. The Morgan fingerprint density at radius 3 is 1.50 bits per heavy atom. The second-order valence-corrected chi connectivity index (χ2v) is 14.8. The van der Waals surface area contributed by atoms with Gasteiger partial charge in [0, 0.05) is 56.7 Å². The minimum absolute atomic E-state index is 1.04. The van der Waals surface area contributed by atoms with E-state index in [2.05, 4.69) is 156 Å². The van der Waals surface area contributed by atoms with Crippen molar-refractivity contribution in [3.8, 4) is 22.3 Å². The van der Waals surface area contributed by atoms with Gasteiger partial charge >= 0.3 is 0 Å². The van der Waals surface area contributed by atoms with E-state index in [0.29, 0.717) is 0 Å². The average molecular weight is 677 g/mol. The normalized spacial score (nSPS) is 12.0. The number of hydrogen-bond donors (Lipinski definition) is 0. The van der Waals surface area contributed by atoms with Gasteiger partial charge in [-0.25, -0.2) is 0 Å². The van der Waals surface area contributed by atoms with Crippen LogP contribution in [0.15, 0.2) is 133 Å². The number of aromatic nitrogens is 2. The molecule has 0 bridgehead atoms. The Bertz CT molecular complexity index is 2690. The molecule has 0 aliphatic heterocycles. The third-order valence-corrected chi connectivity index (χ3v) is 11.5. The Labute approximate surface area is 307 Å². The number of aryl methyl sites for hydroxylation is 2. The van der Waals surface area contributed by atoms with Crippen molar-refractivity contribution in [2.24, 2.45) is 0 Å². The molecule has 258 valence electrons. The van der Waals surface area contributed by atoms with Gasteiger partial charge in [-0.1, -0.05) is 143 Å². The van der Waals surface area contributed by atoms with E-state index in [1.54, 1.807) is 0 Å². The van der Waals surface area contributed by atoms with Crippen LogP contribution < -0.4 is 0 Å². The standard InChI is InChI=1S/C50H48N2/c1-3-5-7-15-29-51-46-27-25-39(36-19-13-10-14-20-36)32-44(46)50-47(51)28-23-37-21-22-40-33-43-42-31-38(35-17-11-9-12-18-35)24-26-45(42)52(30-16-8-6-4-2)48(43)34-41(40)49(37)50/h9-14,17-28,31-34H,3-8,15-16,29-30H2,1-2H3. The van der Waals surface area contributed by atoms with Gasteiger partial charge in [-0.15, -0.1) is 0 Å². The minimum atomic E-state index is 1.04. The van der Waals surface area contributed by atoms with Crippen LogP contribution in [0.5, 0.6) is 0 Å². The van der Waals surface area contributed by atoms with Gasteiger partial charge in [0.2, 0.25) is 0 Å². The van der Waals surface area contributed by atoms with Crippen molar-refractivity contribution < 1.29 is 0 Å². The third-order valence-electron chi connectivity index (χ3n) is 11.5. The second kappa shape index (κ2) is 14.0. The Hall–Kier alpha value is -5.34. The quantitative estimate of drug-likeness (QED) is 0.0900.